The summed E-state index contributed by atoms with van der Waals surface area (Å²) in [5, 5.41) is 0. The van der Waals surface area contributed by atoms with Gasteiger partial charge in [0.1, 0.15) is 0 Å². The SMILES string of the molecule is Brc1ccc(Br)c(C(Br)CCC2CCCC2)c1. The van der Waals surface area contributed by atoms with E-state index in [1.165, 1.54) is 48.6 Å². The van der Waals surface area contributed by atoms with Crippen molar-refractivity contribution in [3.63, 3.8) is 0 Å². The molecule has 0 nitrogen and oxygen atoms in total. The van der Waals surface area contributed by atoms with E-state index in [2.05, 4.69) is 66.0 Å². The Morgan fingerprint density at radius 2 is 1.88 bits per heavy atom. The Hall–Kier alpha value is 0.660. The van der Waals surface area contributed by atoms with Crippen LogP contribution in [0.2, 0.25) is 0 Å². The summed E-state index contributed by atoms with van der Waals surface area (Å²) in [5.41, 5.74) is 1.36. The molecule has 1 unspecified atom stereocenters. The van der Waals surface area contributed by atoms with E-state index in [4.69, 9.17) is 0 Å². The van der Waals surface area contributed by atoms with E-state index in [0.717, 1.165) is 10.4 Å². The Labute approximate surface area is 129 Å². The van der Waals surface area contributed by atoms with Gasteiger partial charge in [-0.05, 0) is 42.5 Å². The highest BCUT2D eigenvalue weighted by atomic mass is 79.9. The van der Waals surface area contributed by atoms with Gasteiger partial charge in [-0.3, -0.25) is 0 Å². The number of halogens is 3. The van der Waals surface area contributed by atoms with Crippen LogP contribution in [0.1, 0.15) is 48.9 Å². The average Bonchev–Trinajstić information content (AvgIpc) is 2.82. The van der Waals surface area contributed by atoms with Crippen LogP contribution in [0, 0.1) is 5.92 Å². The highest BCUT2D eigenvalue weighted by Gasteiger charge is 2.18. The van der Waals surface area contributed by atoms with Gasteiger partial charge in [0.15, 0.2) is 0 Å². The van der Waals surface area contributed by atoms with Crippen molar-refractivity contribution in [3.05, 3.63) is 32.7 Å². The van der Waals surface area contributed by atoms with Crippen LogP contribution in [0.25, 0.3) is 0 Å². The minimum absolute atomic E-state index is 0.468. The van der Waals surface area contributed by atoms with Crippen molar-refractivity contribution in [2.24, 2.45) is 5.92 Å². The highest BCUT2D eigenvalue weighted by molar-refractivity contribution is 9.11. The van der Waals surface area contributed by atoms with Gasteiger partial charge in [0.25, 0.3) is 0 Å². The monoisotopic (exact) mass is 422 g/mol. The summed E-state index contributed by atoms with van der Waals surface area (Å²) < 4.78 is 2.36. The molecule has 1 aromatic rings. The molecule has 1 saturated carbocycles. The molecule has 94 valence electrons. The molecule has 0 spiro atoms. The Morgan fingerprint density at radius 3 is 2.59 bits per heavy atom. The second-order valence-corrected chi connectivity index (χ2v) is 7.74. The van der Waals surface area contributed by atoms with Gasteiger partial charge in [-0.25, -0.2) is 0 Å². The molecule has 0 bridgehead atoms. The molecule has 2 rings (SSSR count). The number of hydrogen-bond donors (Lipinski definition) is 0. The molecule has 0 radical (unpaired) electrons. The van der Waals surface area contributed by atoms with Crippen molar-refractivity contribution in [3.8, 4) is 0 Å². The maximum Gasteiger partial charge on any atom is 0.0407 e. The maximum absolute atomic E-state index is 3.83. The molecule has 1 aromatic carbocycles. The number of hydrogen-bond acceptors (Lipinski definition) is 0. The Bertz CT molecular complexity index is 370. The Morgan fingerprint density at radius 1 is 1.18 bits per heavy atom. The first-order valence-electron chi connectivity index (χ1n) is 6.26. The molecular weight excluding hydrogens is 408 g/mol. The first-order chi connectivity index (χ1) is 8.16. The largest absolute Gasteiger partial charge is 0.0838 e. The van der Waals surface area contributed by atoms with Gasteiger partial charge in [-0.15, -0.1) is 0 Å². The molecule has 0 saturated heterocycles. The first kappa shape index (κ1) is 14.1. The van der Waals surface area contributed by atoms with E-state index in [9.17, 15) is 0 Å². The maximum atomic E-state index is 3.83. The van der Waals surface area contributed by atoms with Crippen molar-refractivity contribution in [2.45, 2.75) is 43.4 Å². The molecule has 0 amide bonds. The third-order valence-corrected chi connectivity index (χ3v) is 5.77. The normalized spacial score (nSPS) is 18.5. The second-order valence-electron chi connectivity index (χ2n) is 4.86. The number of rotatable bonds is 4. The van der Waals surface area contributed by atoms with E-state index in [-0.39, 0.29) is 0 Å². The predicted molar refractivity (Wildman–Crippen MR) is 84.7 cm³/mol. The predicted octanol–water partition coefficient (Wildman–Crippen LogP) is 6.62. The van der Waals surface area contributed by atoms with Crippen LogP contribution in [0.15, 0.2) is 27.1 Å². The minimum atomic E-state index is 0.468. The van der Waals surface area contributed by atoms with E-state index >= 15 is 0 Å². The molecule has 1 fully saturated rings. The zero-order chi connectivity index (χ0) is 12.3. The lowest BCUT2D eigenvalue weighted by Gasteiger charge is -2.15. The zero-order valence-electron chi connectivity index (χ0n) is 9.76. The lowest BCUT2D eigenvalue weighted by Crippen LogP contribution is -1.98. The lowest BCUT2D eigenvalue weighted by molar-refractivity contribution is 0.482. The molecule has 0 aliphatic heterocycles. The summed E-state index contributed by atoms with van der Waals surface area (Å²) in [5.74, 6) is 0.973. The second kappa shape index (κ2) is 6.72. The third-order valence-electron chi connectivity index (χ3n) is 3.60. The van der Waals surface area contributed by atoms with Crippen molar-refractivity contribution in [1.29, 1.82) is 0 Å². The van der Waals surface area contributed by atoms with E-state index in [1.807, 2.05) is 0 Å². The first-order valence-corrected chi connectivity index (χ1v) is 8.76. The fourth-order valence-electron chi connectivity index (χ4n) is 2.59. The summed E-state index contributed by atoms with van der Waals surface area (Å²) in [6.45, 7) is 0. The summed E-state index contributed by atoms with van der Waals surface area (Å²) in [6, 6.07) is 6.39. The van der Waals surface area contributed by atoms with Crippen molar-refractivity contribution in [1.82, 2.24) is 0 Å². The molecule has 1 aliphatic carbocycles. The highest BCUT2D eigenvalue weighted by Crippen LogP contribution is 2.38. The van der Waals surface area contributed by atoms with Crippen LogP contribution >= 0.6 is 47.8 Å². The topological polar surface area (TPSA) is 0 Å². The van der Waals surface area contributed by atoms with Crippen LogP contribution in [0.3, 0.4) is 0 Å². The molecule has 0 N–H and O–H groups in total. The smallest absolute Gasteiger partial charge is 0.0407 e. The van der Waals surface area contributed by atoms with Gasteiger partial charge in [-0.1, -0.05) is 73.5 Å². The van der Waals surface area contributed by atoms with E-state index < -0.39 is 0 Å². The Balaban J connectivity index is 1.93. The summed E-state index contributed by atoms with van der Waals surface area (Å²) >= 11 is 11.0. The molecular formula is C14H17Br3. The van der Waals surface area contributed by atoms with Crippen molar-refractivity contribution >= 4 is 47.8 Å². The minimum Gasteiger partial charge on any atom is -0.0838 e. The van der Waals surface area contributed by atoms with E-state index in [0.29, 0.717) is 4.83 Å². The quantitative estimate of drug-likeness (QED) is 0.476. The fourth-order valence-corrected chi connectivity index (χ4v) is 4.44. The third kappa shape index (κ3) is 4.07. The van der Waals surface area contributed by atoms with Crippen LogP contribution in [0.4, 0.5) is 0 Å². The molecule has 17 heavy (non-hydrogen) atoms. The summed E-state index contributed by atoms with van der Waals surface area (Å²) in [6.07, 6.45) is 8.36. The van der Waals surface area contributed by atoms with Gasteiger partial charge >= 0.3 is 0 Å². The van der Waals surface area contributed by atoms with E-state index in [1.54, 1.807) is 0 Å². The molecule has 1 atom stereocenters. The van der Waals surface area contributed by atoms with Crippen LogP contribution in [0.5, 0.6) is 0 Å². The fraction of sp³-hybridized carbons (Fsp3) is 0.571. The molecule has 3 heteroatoms. The lowest BCUT2D eigenvalue weighted by atomic mass is 9.98. The average molecular weight is 425 g/mol. The van der Waals surface area contributed by atoms with Crippen LogP contribution < -0.4 is 0 Å². The molecule has 1 aliphatic rings. The van der Waals surface area contributed by atoms with Gasteiger partial charge in [0.05, 0.1) is 0 Å². The summed E-state index contributed by atoms with van der Waals surface area (Å²) in [4.78, 5) is 0.468. The molecule has 0 heterocycles. The van der Waals surface area contributed by atoms with Gasteiger partial charge in [-0.2, -0.15) is 0 Å². The Kier molecular flexibility index (Phi) is 5.56. The number of alkyl halides is 1. The van der Waals surface area contributed by atoms with Gasteiger partial charge < -0.3 is 0 Å². The van der Waals surface area contributed by atoms with Crippen molar-refractivity contribution < 1.29 is 0 Å². The van der Waals surface area contributed by atoms with Crippen LogP contribution in [-0.4, -0.2) is 0 Å². The zero-order valence-corrected chi connectivity index (χ0v) is 14.5. The van der Waals surface area contributed by atoms with Crippen LogP contribution in [-0.2, 0) is 0 Å². The van der Waals surface area contributed by atoms with Gasteiger partial charge in [0.2, 0.25) is 0 Å². The molecule has 0 aromatic heterocycles. The standard InChI is InChI=1S/C14H17Br3/c15-11-6-8-14(17)12(9-11)13(16)7-5-10-3-1-2-4-10/h6,8-10,13H,1-5,7H2. The van der Waals surface area contributed by atoms with Crippen molar-refractivity contribution in [2.75, 3.05) is 0 Å². The number of benzene rings is 1. The van der Waals surface area contributed by atoms with Gasteiger partial charge in [0, 0.05) is 13.8 Å². The summed E-state index contributed by atoms with van der Waals surface area (Å²) in [7, 11) is 0.